The summed E-state index contributed by atoms with van der Waals surface area (Å²) in [7, 11) is 1.66. The van der Waals surface area contributed by atoms with Crippen LogP contribution in [-0.4, -0.2) is 16.9 Å². The molecule has 0 aromatic carbocycles. The maximum atomic E-state index is 5.56. The molecule has 4 heteroatoms. The van der Waals surface area contributed by atoms with E-state index in [9.17, 15) is 0 Å². The van der Waals surface area contributed by atoms with E-state index >= 15 is 0 Å². The number of ether oxygens (including phenoxy) is 1. The Morgan fingerprint density at radius 2 is 2.33 bits per heavy atom. The Bertz CT molecular complexity index is 255. The molecule has 0 atom stereocenters. The van der Waals surface area contributed by atoms with E-state index in [4.69, 9.17) is 10.5 Å². The van der Waals surface area contributed by atoms with Crippen LogP contribution in [0.5, 0.6) is 0 Å². The van der Waals surface area contributed by atoms with Crippen LogP contribution in [0.1, 0.15) is 25.6 Å². The van der Waals surface area contributed by atoms with Crippen LogP contribution in [0.2, 0.25) is 0 Å². The third kappa shape index (κ3) is 1.76. The second-order valence-electron chi connectivity index (χ2n) is 3.03. The van der Waals surface area contributed by atoms with Crippen molar-refractivity contribution in [2.45, 2.75) is 26.5 Å². The van der Waals surface area contributed by atoms with E-state index in [-0.39, 0.29) is 0 Å². The number of methoxy groups -OCH3 is 1. The number of nitrogens with zero attached hydrogens (tertiary/aromatic N) is 2. The zero-order valence-corrected chi connectivity index (χ0v) is 7.74. The number of hydrogen-bond acceptors (Lipinski definition) is 3. The molecule has 4 nitrogen and oxygen atoms in total. The van der Waals surface area contributed by atoms with Gasteiger partial charge in [0.05, 0.1) is 12.3 Å². The van der Waals surface area contributed by atoms with Crippen molar-refractivity contribution in [1.82, 2.24) is 9.78 Å². The summed E-state index contributed by atoms with van der Waals surface area (Å²) in [6.07, 6.45) is 0. The summed E-state index contributed by atoms with van der Waals surface area (Å²) in [6.45, 7) is 4.68. The van der Waals surface area contributed by atoms with E-state index in [0.717, 1.165) is 5.69 Å². The highest BCUT2D eigenvalue weighted by Crippen LogP contribution is 2.12. The largest absolute Gasteiger partial charge is 0.382 e. The third-order valence-corrected chi connectivity index (χ3v) is 1.61. The first kappa shape index (κ1) is 9.06. The van der Waals surface area contributed by atoms with Gasteiger partial charge in [-0.25, -0.2) is 0 Å². The van der Waals surface area contributed by atoms with Gasteiger partial charge >= 0.3 is 0 Å². The lowest BCUT2D eigenvalue weighted by Crippen LogP contribution is -2.08. The van der Waals surface area contributed by atoms with Crippen LogP contribution in [0.15, 0.2) is 6.07 Å². The van der Waals surface area contributed by atoms with Crippen molar-refractivity contribution in [3.63, 3.8) is 0 Å². The van der Waals surface area contributed by atoms with Crippen molar-refractivity contribution < 1.29 is 4.74 Å². The predicted molar refractivity (Wildman–Crippen MR) is 47.7 cm³/mol. The van der Waals surface area contributed by atoms with E-state index in [1.54, 1.807) is 7.11 Å². The van der Waals surface area contributed by atoms with Crippen molar-refractivity contribution in [2.75, 3.05) is 12.8 Å². The lowest BCUT2D eigenvalue weighted by Gasteiger charge is -2.09. The zero-order chi connectivity index (χ0) is 9.14. The standard InChI is InChI=1S/C8H15N3O/c1-6(2)11-7(5-12-3)4-8(9)10-11/h4,6H,5H2,1-3H3,(H2,9,10). The van der Waals surface area contributed by atoms with Crippen LogP contribution in [-0.2, 0) is 11.3 Å². The summed E-state index contributed by atoms with van der Waals surface area (Å²) < 4.78 is 6.89. The smallest absolute Gasteiger partial charge is 0.145 e. The highest BCUT2D eigenvalue weighted by molar-refractivity contribution is 5.29. The summed E-state index contributed by atoms with van der Waals surface area (Å²) in [4.78, 5) is 0. The molecule has 0 spiro atoms. The van der Waals surface area contributed by atoms with Gasteiger partial charge < -0.3 is 10.5 Å². The van der Waals surface area contributed by atoms with E-state index in [1.807, 2.05) is 10.7 Å². The number of rotatable bonds is 3. The van der Waals surface area contributed by atoms with Crippen molar-refractivity contribution in [2.24, 2.45) is 0 Å². The Morgan fingerprint density at radius 1 is 1.67 bits per heavy atom. The molecular formula is C8H15N3O. The van der Waals surface area contributed by atoms with Crippen molar-refractivity contribution in [3.05, 3.63) is 11.8 Å². The third-order valence-electron chi connectivity index (χ3n) is 1.61. The SMILES string of the molecule is COCc1cc(N)nn1C(C)C. The molecule has 0 amide bonds. The van der Waals surface area contributed by atoms with Crippen LogP contribution in [0.3, 0.4) is 0 Å². The molecule has 0 aliphatic carbocycles. The summed E-state index contributed by atoms with van der Waals surface area (Å²) in [6, 6.07) is 2.16. The van der Waals surface area contributed by atoms with Crippen LogP contribution in [0, 0.1) is 0 Å². The first-order valence-corrected chi connectivity index (χ1v) is 3.98. The minimum atomic E-state index is 0.326. The molecule has 0 unspecified atom stereocenters. The molecule has 0 bridgehead atoms. The first-order valence-electron chi connectivity index (χ1n) is 3.98. The van der Waals surface area contributed by atoms with Gasteiger partial charge in [-0.15, -0.1) is 0 Å². The first-order chi connectivity index (χ1) is 5.65. The molecule has 2 N–H and O–H groups in total. The molecule has 0 fully saturated rings. The summed E-state index contributed by atoms with van der Waals surface area (Å²) in [5.41, 5.74) is 6.58. The second-order valence-corrected chi connectivity index (χ2v) is 3.03. The van der Waals surface area contributed by atoms with Gasteiger partial charge in [-0.3, -0.25) is 4.68 Å². The number of nitrogen functional groups attached to an aromatic ring is 1. The Hall–Kier alpha value is -1.03. The summed E-state index contributed by atoms with van der Waals surface area (Å²) >= 11 is 0. The van der Waals surface area contributed by atoms with Gasteiger partial charge in [0, 0.05) is 19.2 Å². The van der Waals surface area contributed by atoms with E-state index in [1.165, 1.54) is 0 Å². The fraction of sp³-hybridized carbons (Fsp3) is 0.625. The Labute approximate surface area is 72.3 Å². The Balaban J connectivity index is 2.92. The molecule has 1 heterocycles. The maximum Gasteiger partial charge on any atom is 0.145 e. The second kappa shape index (κ2) is 3.58. The maximum absolute atomic E-state index is 5.56. The average molecular weight is 169 g/mol. The quantitative estimate of drug-likeness (QED) is 0.739. The summed E-state index contributed by atoms with van der Waals surface area (Å²) in [5.74, 6) is 0.552. The van der Waals surface area contributed by atoms with Gasteiger partial charge in [0.25, 0.3) is 0 Å². The van der Waals surface area contributed by atoms with E-state index in [0.29, 0.717) is 18.5 Å². The number of aromatic nitrogens is 2. The van der Waals surface area contributed by atoms with Gasteiger partial charge in [-0.05, 0) is 13.8 Å². The highest BCUT2D eigenvalue weighted by atomic mass is 16.5. The van der Waals surface area contributed by atoms with E-state index < -0.39 is 0 Å². The van der Waals surface area contributed by atoms with Gasteiger partial charge in [-0.2, -0.15) is 5.10 Å². The molecule has 1 aromatic rings. The van der Waals surface area contributed by atoms with Crippen LogP contribution < -0.4 is 5.73 Å². The van der Waals surface area contributed by atoms with Crippen molar-refractivity contribution in [1.29, 1.82) is 0 Å². The molecule has 68 valence electrons. The molecule has 0 radical (unpaired) electrons. The Morgan fingerprint density at radius 3 is 2.83 bits per heavy atom. The molecule has 12 heavy (non-hydrogen) atoms. The fourth-order valence-electron chi connectivity index (χ4n) is 1.16. The van der Waals surface area contributed by atoms with Gasteiger partial charge in [0.1, 0.15) is 5.82 Å². The predicted octanol–water partition coefficient (Wildman–Crippen LogP) is 1.19. The molecular weight excluding hydrogens is 154 g/mol. The van der Waals surface area contributed by atoms with Gasteiger partial charge in [-0.1, -0.05) is 0 Å². The number of nitrogens with two attached hydrogens (primary N) is 1. The minimum Gasteiger partial charge on any atom is -0.382 e. The van der Waals surface area contributed by atoms with Crippen LogP contribution in [0.25, 0.3) is 0 Å². The lowest BCUT2D eigenvalue weighted by atomic mass is 10.3. The normalized spacial score (nSPS) is 11.0. The van der Waals surface area contributed by atoms with Crippen LogP contribution in [0.4, 0.5) is 5.82 Å². The molecule has 0 aliphatic heterocycles. The molecule has 0 saturated heterocycles. The van der Waals surface area contributed by atoms with Gasteiger partial charge in [0.2, 0.25) is 0 Å². The topological polar surface area (TPSA) is 53.1 Å². The molecule has 0 saturated carbocycles. The average Bonchev–Trinajstić information content (AvgIpc) is 2.32. The number of hydrogen-bond donors (Lipinski definition) is 1. The lowest BCUT2D eigenvalue weighted by molar-refractivity contribution is 0.175. The highest BCUT2D eigenvalue weighted by Gasteiger charge is 2.07. The van der Waals surface area contributed by atoms with Crippen molar-refractivity contribution in [3.8, 4) is 0 Å². The van der Waals surface area contributed by atoms with Crippen molar-refractivity contribution >= 4 is 5.82 Å². The molecule has 0 aliphatic rings. The zero-order valence-electron chi connectivity index (χ0n) is 7.74. The number of anilines is 1. The molecule has 1 aromatic heterocycles. The minimum absolute atomic E-state index is 0.326. The van der Waals surface area contributed by atoms with Gasteiger partial charge in [0.15, 0.2) is 0 Å². The fourth-order valence-corrected chi connectivity index (χ4v) is 1.16. The molecule has 1 rings (SSSR count). The summed E-state index contributed by atoms with van der Waals surface area (Å²) in [5, 5.41) is 4.14. The Kier molecular flexibility index (Phi) is 2.70. The van der Waals surface area contributed by atoms with Crippen LogP contribution >= 0.6 is 0 Å². The van der Waals surface area contributed by atoms with E-state index in [2.05, 4.69) is 18.9 Å². The monoisotopic (exact) mass is 169 g/mol.